The quantitative estimate of drug-likeness (QED) is 0.500. The van der Waals surface area contributed by atoms with E-state index in [-0.39, 0.29) is 17.1 Å². The van der Waals surface area contributed by atoms with Gasteiger partial charge in [-0.25, -0.2) is 0 Å². The molecule has 7 nitrogen and oxygen atoms in total. The van der Waals surface area contributed by atoms with Crippen LogP contribution in [0.4, 0.5) is 11.5 Å². The first kappa shape index (κ1) is 11.8. The summed E-state index contributed by atoms with van der Waals surface area (Å²) in [6, 6.07) is 5.90. The van der Waals surface area contributed by atoms with Crippen LogP contribution in [0.15, 0.2) is 24.3 Å². The molecule has 2 N–H and O–H groups in total. The fraction of sp³-hybridized carbons (Fsp3) is 0.0909. The minimum atomic E-state index is -0.504. The zero-order chi connectivity index (χ0) is 13.3. The molecule has 0 saturated heterocycles. The Kier molecular flexibility index (Phi) is 2.80. The lowest BCUT2D eigenvalue weighted by atomic mass is 10.1. The number of nitrogen functional groups attached to an aromatic ring is 1. The third-order valence-electron chi connectivity index (χ3n) is 2.58. The van der Waals surface area contributed by atoms with Crippen molar-refractivity contribution < 1.29 is 9.72 Å². The number of nitrogens with two attached hydrogens (primary N) is 1. The van der Waals surface area contributed by atoms with E-state index < -0.39 is 4.92 Å². The average Bonchev–Trinajstić information content (AvgIpc) is 2.65. The first-order chi connectivity index (χ1) is 8.54. The summed E-state index contributed by atoms with van der Waals surface area (Å²) in [5.41, 5.74) is 6.68. The number of rotatable bonds is 3. The van der Waals surface area contributed by atoms with Crippen molar-refractivity contribution in [2.24, 2.45) is 7.05 Å². The summed E-state index contributed by atoms with van der Waals surface area (Å²) in [4.78, 5) is 21.2. The second kappa shape index (κ2) is 4.28. The SMILES string of the molecule is Cn1nc(-c2cccc([N+](=O)[O-])c2)c(C=O)c1N. The first-order valence-corrected chi connectivity index (χ1v) is 5.07. The molecule has 0 amide bonds. The molecule has 2 rings (SSSR count). The van der Waals surface area contributed by atoms with E-state index in [1.165, 1.54) is 22.9 Å². The Morgan fingerprint density at radius 3 is 2.83 bits per heavy atom. The maximum absolute atomic E-state index is 11.0. The number of nitro groups is 1. The van der Waals surface area contributed by atoms with Gasteiger partial charge in [0.1, 0.15) is 11.5 Å². The fourth-order valence-corrected chi connectivity index (χ4v) is 1.65. The molecule has 0 radical (unpaired) electrons. The Morgan fingerprint density at radius 1 is 1.50 bits per heavy atom. The molecule has 0 fully saturated rings. The summed E-state index contributed by atoms with van der Waals surface area (Å²) < 4.78 is 1.36. The van der Waals surface area contributed by atoms with Crippen LogP contribution in [0.5, 0.6) is 0 Å². The molecule has 0 saturated carbocycles. The minimum Gasteiger partial charge on any atom is -0.383 e. The largest absolute Gasteiger partial charge is 0.383 e. The number of aryl methyl sites for hydroxylation is 1. The van der Waals surface area contributed by atoms with E-state index in [0.717, 1.165) is 0 Å². The zero-order valence-corrected chi connectivity index (χ0v) is 9.53. The number of nitro benzene ring substituents is 1. The Bertz CT molecular complexity index is 633. The van der Waals surface area contributed by atoms with Crippen molar-refractivity contribution in [3.05, 3.63) is 39.9 Å². The summed E-state index contributed by atoms with van der Waals surface area (Å²) in [5.74, 6) is 0.228. The Morgan fingerprint density at radius 2 is 2.22 bits per heavy atom. The van der Waals surface area contributed by atoms with E-state index >= 15 is 0 Å². The van der Waals surface area contributed by atoms with Crippen LogP contribution >= 0.6 is 0 Å². The number of carbonyl (C=O) groups is 1. The third-order valence-corrected chi connectivity index (χ3v) is 2.58. The van der Waals surface area contributed by atoms with Crippen LogP contribution in [-0.2, 0) is 7.05 Å². The number of anilines is 1. The lowest BCUT2D eigenvalue weighted by Crippen LogP contribution is -1.98. The molecule has 18 heavy (non-hydrogen) atoms. The molecular weight excluding hydrogens is 236 g/mol. The van der Waals surface area contributed by atoms with Gasteiger partial charge < -0.3 is 5.73 Å². The molecule has 0 bridgehead atoms. The monoisotopic (exact) mass is 246 g/mol. The number of benzene rings is 1. The summed E-state index contributed by atoms with van der Waals surface area (Å²) in [6.07, 6.45) is 0.594. The Labute approximate surface area is 102 Å². The molecule has 1 aromatic carbocycles. The van der Waals surface area contributed by atoms with Crippen molar-refractivity contribution in [3.8, 4) is 11.3 Å². The van der Waals surface area contributed by atoms with Gasteiger partial charge in [-0.15, -0.1) is 0 Å². The molecule has 1 heterocycles. The average molecular weight is 246 g/mol. The van der Waals surface area contributed by atoms with Gasteiger partial charge in [-0.1, -0.05) is 12.1 Å². The van der Waals surface area contributed by atoms with E-state index in [1.54, 1.807) is 13.1 Å². The first-order valence-electron chi connectivity index (χ1n) is 5.07. The lowest BCUT2D eigenvalue weighted by molar-refractivity contribution is -0.384. The number of aldehydes is 1. The van der Waals surface area contributed by atoms with Crippen molar-refractivity contribution in [2.75, 3.05) is 5.73 Å². The van der Waals surface area contributed by atoms with Gasteiger partial charge in [-0.2, -0.15) is 5.10 Å². The van der Waals surface area contributed by atoms with Gasteiger partial charge in [0.2, 0.25) is 0 Å². The van der Waals surface area contributed by atoms with E-state index in [1.807, 2.05) is 0 Å². The van der Waals surface area contributed by atoms with Crippen LogP contribution in [-0.4, -0.2) is 21.0 Å². The number of hydrogen-bond acceptors (Lipinski definition) is 5. The van der Waals surface area contributed by atoms with Gasteiger partial charge >= 0.3 is 0 Å². The number of aromatic nitrogens is 2. The molecule has 0 atom stereocenters. The molecule has 0 spiro atoms. The van der Waals surface area contributed by atoms with Gasteiger partial charge in [0, 0.05) is 24.7 Å². The predicted molar refractivity (Wildman–Crippen MR) is 65.1 cm³/mol. The van der Waals surface area contributed by atoms with Gasteiger partial charge in [-0.3, -0.25) is 19.6 Å². The van der Waals surface area contributed by atoms with E-state index in [9.17, 15) is 14.9 Å². The third kappa shape index (κ3) is 1.81. The highest BCUT2D eigenvalue weighted by Crippen LogP contribution is 2.27. The fourth-order valence-electron chi connectivity index (χ4n) is 1.65. The van der Waals surface area contributed by atoms with Crippen LogP contribution in [0.25, 0.3) is 11.3 Å². The highest BCUT2D eigenvalue weighted by atomic mass is 16.6. The van der Waals surface area contributed by atoms with E-state index in [4.69, 9.17) is 5.73 Å². The minimum absolute atomic E-state index is 0.0615. The van der Waals surface area contributed by atoms with Gasteiger partial charge in [0.05, 0.1) is 10.5 Å². The van der Waals surface area contributed by atoms with Crippen molar-refractivity contribution >= 4 is 17.8 Å². The number of carbonyl (C=O) groups excluding carboxylic acids is 1. The van der Waals surface area contributed by atoms with E-state index in [2.05, 4.69) is 5.10 Å². The van der Waals surface area contributed by atoms with Crippen molar-refractivity contribution in [1.29, 1.82) is 0 Å². The maximum Gasteiger partial charge on any atom is 0.270 e. The smallest absolute Gasteiger partial charge is 0.270 e. The second-order valence-corrected chi connectivity index (χ2v) is 3.70. The van der Waals surface area contributed by atoms with Crippen LogP contribution < -0.4 is 5.73 Å². The summed E-state index contributed by atoms with van der Waals surface area (Å²) in [6.45, 7) is 0. The summed E-state index contributed by atoms with van der Waals surface area (Å²) in [5, 5.41) is 14.8. The van der Waals surface area contributed by atoms with Crippen LogP contribution in [0.3, 0.4) is 0 Å². The standard InChI is InChI=1S/C11H10N4O3/c1-14-11(12)9(6-16)10(13-14)7-3-2-4-8(5-7)15(17)18/h2-6H,12H2,1H3. The zero-order valence-electron chi connectivity index (χ0n) is 9.53. The summed E-state index contributed by atoms with van der Waals surface area (Å²) >= 11 is 0. The predicted octanol–water partition coefficient (Wildman–Crippen LogP) is 1.39. The Hall–Kier alpha value is -2.70. The highest BCUT2D eigenvalue weighted by molar-refractivity contribution is 5.91. The maximum atomic E-state index is 11.0. The Balaban J connectivity index is 2.62. The molecule has 0 aliphatic rings. The molecule has 0 aliphatic heterocycles. The van der Waals surface area contributed by atoms with E-state index in [0.29, 0.717) is 17.5 Å². The van der Waals surface area contributed by atoms with Crippen molar-refractivity contribution in [3.63, 3.8) is 0 Å². The van der Waals surface area contributed by atoms with Gasteiger partial charge in [0.25, 0.3) is 5.69 Å². The van der Waals surface area contributed by atoms with Gasteiger partial charge in [0.15, 0.2) is 6.29 Å². The highest BCUT2D eigenvalue weighted by Gasteiger charge is 2.16. The number of non-ortho nitro benzene ring substituents is 1. The normalized spacial score (nSPS) is 10.3. The lowest BCUT2D eigenvalue weighted by Gasteiger charge is -1.98. The molecule has 2 aromatic rings. The van der Waals surface area contributed by atoms with Crippen molar-refractivity contribution in [1.82, 2.24) is 9.78 Å². The topological polar surface area (TPSA) is 104 Å². The van der Waals surface area contributed by atoms with Crippen LogP contribution in [0.1, 0.15) is 10.4 Å². The number of hydrogen-bond donors (Lipinski definition) is 1. The number of nitrogens with zero attached hydrogens (tertiary/aromatic N) is 3. The van der Waals surface area contributed by atoms with Crippen LogP contribution in [0.2, 0.25) is 0 Å². The molecule has 92 valence electrons. The molecule has 1 aromatic heterocycles. The molecule has 0 unspecified atom stereocenters. The molecular formula is C11H10N4O3. The second-order valence-electron chi connectivity index (χ2n) is 3.70. The molecule has 0 aliphatic carbocycles. The van der Waals surface area contributed by atoms with Gasteiger partial charge in [-0.05, 0) is 0 Å². The molecule has 7 heteroatoms. The summed E-state index contributed by atoms with van der Waals surface area (Å²) in [7, 11) is 1.60. The van der Waals surface area contributed by atoms with Crippen molar-refractivity contribution in [2.45, 2.75) is 0 Å². The van der Waals surface area contributed by atoms with Crippen LogP contribution in [0, 0.1) is 10.1 Å².